The van der Waals surface area contributed by atoms with Crippen LogP contribution in [0.4, 0.5) is 0 Å². The first-order chi connectivity index (χ1) is 22.3. The molecule has 0 bridgehead atoms. The van der Waals surface area contributed by atoms with Crippen LogP contribution in [0.3, 0.4) is 0 Å². The Morgan fingerprint density at radius 1 is 0.804 bits per heavy atom. The van der Waals surface area contributed by atoms with Crippen molar-refractivity contribution >= 4 is 63.7 Å². The van der Waals surface area contributed by atoms with Crippen LogP contribution in [0.1, 0.15) is 22.7 Å². The van der Waals surface area contributed by atoms with Crippen LogP contribution in [-0.2, 0) is 4.79 Å². The van der Waals surface area contributed by atoms with E-state index in [9.17, 15) is 14.9 Å². The lowest BCUT2D eigenvalue weighted by molar-refractivity contribution is -0.126. The molecule has 5 aromatic rings. The van der Waals surface area contributed by atoms with Gasteiger partial charge in [-0.1, -0.05) is 108 Å². The van der Waals surface area contributed by atoms with Gasteiger partial charge in [0, 0.05) is 31.2 Å². The van der Waals surface area contributed by atoms with E-state index in [0.717, 1.165) is 16.9 Å². The third-order valence-corrected chi connectivity index (χ3v) is 9.97. The number of hydrogen-bond donors (Lipinski definition) is 0. The van der Waals surface area contributed by atoms with E-state index < -0.39 is 5.91 Å². The van der Waals surface area contributed by atoms with Crippen LogP contribution >= 0.6 is 46.1 Å². The zero-order valence-corrected chi connectivity index (χ0v) is 27.5. The quantitative estimate of drug-likeness (QED) is 0.211. The van der Waals surface area contributed by atoms with Crippen LogP contribution in [0, 0.1) is 11.3 Å². The van der Waals surface area contributed by atoms with Crippen molar-refractivity contribution < 1.29 is 4.79 Å². The van der Waals surface area contributed by atoms with E-state index in [2.05, 4.69) is 35.2 Å². The van der Waals surface area contributed by atoms with Crippen molar-refractivity contribution in [1.82, 2.24) is 14.4 Å². The zero-order chi connectivity index (χ0) is 32.2. The molecule has 6 rings (SSSR count). The van der Waals surface area contributed by atoms with E-state index in [-0.39, 0.29) is 26.9 Å². The molecule has 1 aromatic heterocycles. The molecular weight excluding hydrogens is 659 g/mol. The number of rotatable bonds is 6. The molecule has 6 nitrogen and oxygen atoms in total. The number of hydrogen-bond acceptors (Lipinski definition) is 5. The van der Waals surface area contributed by atoms with Gasteiger partial charge in [-0.3, -0.25) is 19.1 Å². The topological polar surface area (TPSA) is 69.3 Å². The summed E-state index contributed by atoms with van der Waals surface area (Å²) in [5.74, 6) is -0.425. The second-order valence-corrected chi connectivity index (χ2v) is 13.0. The summed E-state index contributed by atoms with van der Waals surface area (Å²) in [5, 5.41) is 11.5. The van der Waals surface area contributed by atoms with Gasteiger partial charge in [0.15, 0.2) is 5.57 Å². The summed E-state index contributed by atoms with van der Waals surface area (Å²) in [6.45, 7) is 2.07. The van der Waals surface area contributed by atoms with Crippen LogP contribution in [0.15, 0.2) is 108 Å². The molecule has 1 fully saturated rings. The predicted molar refractivity (Wildman–Crippen MR) is 186 cm³/mol. The summed E-state index contributed by atoms with van der Waals surface area (Å²) < 4.78 is 1.94. The predicted octanol–water partition coefficient (Wildman–Crippen LogP) is 6.30. The lowest BCUT2D eigenvalue weighted by Crippen LogP contribution is -2.50. The molecule has 1 amide bonds. The summed E-state index contributed by atoms with van der Waals surface area (Å²) in [7, 11) is 0. The Morgan fingerprint density at radius 3 is 1.98 bits per heavy atom. The fourth-order valence-electron chi connectivity index (χ4n) is 5.63. The average Bonchev–Trinajstić information content (AvgIpc) is 3.39. The van der Waals surface area contributed by atoms with Crippen LogP contribution in [0.25, 0.3) is 17.3 Å². The molecule has 0 radical (unpaired) electrons. The minimum absolute atomic E-state index is 0.0298. The van der Waals surface area contributed by atoms with Gasteiger partial charge < -0.3 is 4.90 Å². The Kier molecular flexibility index (Phi) is 9.74. The summed E-state index contributed by atoms with van der Waals surface area (Å²) in [5.41, 5.74) is 3.01. The van der Waals surface area contributed by atoms with Gasteiger partial charge in [0.2, 0.25) is 0 Å². The molecule has 1 aliphatic rings. The molecular formula is C36H27Cl3N4O2S. The lowest BCUT2D eigenvalue weighted by atomic mass is 9.96. The molecule has 0 unspecified atom stereocenters. The normalized spacial score (nSPS) is 14.8. The zero-order valence-electron chi connectivity index (χ0n) is 24.4. The number of piperazine rings is 1. The van der Waals surface area contributed by atoms with E-state index in [1.165, 1.54) is 15.7 Å². The van der Waals surface area contributed by atoms with E-state index in [1.807, 2.05) is 36.4 Å². The molecule has 0 spiro atoms. The lowest BCUT2D eigenvalue weighted by Gasteiger charge is -2.39. The molecule has 1 saturated heterocycles. The van der Waals surface area contributed by atoms with Gasteiger partial charge in [0.1, 0.15) is 10.7 Å². The molecule has 0 aliphatic carbocycles. The number of carbonyl (C=O) groups excluding carboxylic acids is 1. The molecule has 0 saturated carbocycles. The van der Waals surface area contributed by atoms with Crippen molar-refractivity contribution in [3.63, 3.8) is 0 Å². The van der Waals surface area contributed by atoms with Crippen molar-refractivity contribution in [3.8, 4) is 11.8 Å². The summed E-state index contributed by atoms with van der Waals surface area (Å²) in [6, 6.07) is 34.6. The highest BCUT2D eigenvalue weighted by Crippen LogP contribution is 2.30. The monoisotopic (exact) mass is 684 g/mol. The minimum Gasteiger partial charge on any atom is -0.335 e. The molecule has 0 N–H and O–H groups in total. The maximum atomic E-state index is 14.0. The van der Waals surface area contributed by atoms with Gasteiger partial charge in [-0.15, -0.1) is 11.3 Å². The van der Waals surface area contributed by atoms with Crippen molar-refractivity contribution in [2.45, 2.75) is 6.04 Å². The van der Waals surface area contributed by atoms with Crippen LogP contribution in [0.2, 0.25) is 15.1 Å². The first kappa shape index (κ1) is 31.8. The standard InChI is InChI=1S/C36H27Cl3N4O2S/c37-27-13-11-24(12-14-27)21-32-35(45)43(28-15-16-30(38)31(39)22-28)36(46-32)29(23-40)34(44)42-19-17-41(18-20-42)33(25-7-3-1-4-8-25)26-9-5-2-6-10-26/h1-16,21-22,33H,17-20H2/b32-21+,36-29+. The highest BCUT2D eigenvalue weighted by molar-refractivity contribution is 7.07. The van der Waals surface area contributed by atoms with Gasteiger partial charge in [0.05, 0.1) is 26.3 Å². The third kappa shape index (κ3) is 6.68. The van der Waals surface area contributed by atoms with E-state index in [1.54, 1.807) is 53.4 Å². The highest BCUT2D eigenvalue weighted by atomic mass is 35.5. The molecule has 10 heteroatoms. The van der Waals surface area contributed by atoms with Gasteiger partial charge in [-0.25, -0.2) is 0 Å². The number of carbonyl (C=O) groups is 1. The smallest absolute Gasteiger partial charge is 0.273 e. The Labute approximate surface area is 285 Å². The molecule has 4 aromatic carbocycles. The molecule has 2 heterocycles. The third-order valence-electron chi connectivity index (χ3n) is 7.89. The summed E-state index contributed by atoms with van der Waals surface area (Å²) in [6.07, 6.45) is 1.71. The number of nitrogens with zero attached hydrogens (tertiary/aromatic N) is 4. The first-order valence-electron chi connectivity index (χ1n) is 14.6. The van der Waals surface area contributed by atoms with Crippen molar-refractivity contribution in [1.29, 1.82) is 5.26 Å². The van der Waals surface area contributed by atoms with Crippen LogP contribution < -0.4 is 14.8 Å². The highest BCUT2D eigenvalue weighted by Gasteiger charge is 2.30. The Hall–Kier alpha value is -4.16. The summed E-state index contributed by atoms with van der Waals surface area (Å²) >= 11 is 19.6. The van der Waals surface area contributed by atoms with Gasteiger partial charge in [-0.05, 0) is 53.1 Å². The van der Waals surface area contributed by atoms with Gasteiger partial charge in [-0.2, -0.15) is 5.26 Å². The number of nitriles is 1. The van der Waals surface area contributed by atoms with E-state index >= 15 is 0 Å². The first-order valence-corrected chi connectivity index (χ1v) is 16.5. The minimum atomic E-state index is -0.425. The van der Waals surface area contributed by atoms with Gasteiger partial charge in [0.25, 0.3) is 11.5 Å². The maximum Gasteiger partial charge on any atom is 0.273 e. The number of benzene rings is 4. The summed E-state index contributed by atoms with van der Waals surface area (Å²) in [4.78, 5) is 31.9. The fourth-order valence-corrected chi connectivity index (χ4v) is 7.15. The SMILES string of the molecule is N#C/C(C(=O)N1CCN(C(c2ccccc2)c2ccccc2)CC1)=c1\s/c(=C/c2ccc(Cl)cc2)c(=O)n1-c1ccc(Cl)c(Cl)c1. The second-order valence-electron chi connectivity index (χ2n) is 10.7. The number of thiazole rings is 1. The fraction of sp³-hybridized carbons (Fsp3) is 0.139. The Morgan fingerprint density at radius 2 is 1.41 bits per heavy atom. The van der Waals surface area contributed by atoms with Gasteiger partial charge >= 0.3 is 0 Å². The second kappa shape index (κ2) is 14.1. The molecule has 1 aliphatic heterocycles. The number of halogens is 3. The molecule has 230 valence electrons. The van der Waals surface area contributed by atoms with Crippen molar-refractivity contribution in [3.05, 3.63) is 154 Å². The largest absolute Gasteiger partial charge is 0.335 e. The van der Waals surface area contributed by atoms with E-state index in [4.69, 9.17) is 34.8 Å². The van der Waals surface area contributed by atoms with Crippen molar-refractivity contribution in [2.75, 3.05) is 26.2 Å². The Balaban J connectivity index is 1.38. The molecule has 46 heavy (non-hydrogen) atoms. The maximum absolute atomic E-state index is 14.0. The average molecular weight is 686 g/mol. The number of aromatic nitrogens is 1. The van der Waals surface area contributed by atoms with Crippen LogP contribution in [-0.4, -0.2) is 46.5 Å². The van der Waals surface area contributed by atoms with Crippen LogP contribution in [0.5, 0.6) is 0 Å². The Bertz CT molecular complexity index is 2060. The molecule has 0 atom stereocenters. The van der Waals surface area contributed by atoms with E-state index in [0.29, 0.717) is 46.4 Å². The number of amides is 1. The van der Waals surface area contributed by atoms with Crippen molar-refractivity contribution in [2.24, 2.45) is 0 Å².